The number of nitrogens with zero attached hydrogens (tertiary/aromatic N) is 4. The molecular formula is C26H26N6O2. The summed E-state index contributed by atoms with van der Waals surface area (Å²) < 4.78 is 7.46. The van der Waals surface area contributed by atoms with Gasteiger partial charge in [-0.25, -0.2) is 9.97 Å². The number of anilines is 3. The normalized spacial score (nSPS) is 15.2. The van der Waals surface area contributed by atoms with Gasteiger partial charge in [-0.2, -0.15) is 0 Å². The minimum absolute atomic E-state index is 0.514. The lowest BCUT2D eigenvalue weighted by Gasteiger charge is -2.28. The van der Waals surface area contributed by atoms with Crippen molar-refractivity contribution in [2.45, 2.75) is 13.0 Å². The van der Waals surface area contributed by atoms with E-state index in [2.05, 4.69) is 61.7 Å². The van der Waals surface area contributed by atoms with Crippen LogP contribution in [-0.4, -0.2) is 50.8 Å². The van der Waals surface area contributed by atoms with Crippen LogP contribution in [0.2, 0.25) is 0 Å². The lowest BCUT2D eigenvalue weighted by molar-refractivity contribution is 0.122. The van der Waals surface area contributed by atoms with Gasteiger partial charge in [0.15, 0.2) is 5.65 Å². The number of fused-ring (bicyclic) bond motifs is 2. The molecule has 1 aliphatic rings. The Morgan fingerprint density at radius 2 is 1.97 bits per heavy atom. The largest absolute Gasteiger partial charge is 0.389 e. The highest BCUT2D eigenvalue weighted by molar-refractivity contribution is 5.89. The van der Waals surface area contributed by atoms with E-state index in [0.717, 1.165) is 76.7 Å². The predicted octanol–water partition coefficient (Wildman–Crippen LogP) is 4.51. The maximum atomic E-state index is 10.0. The van der Waals surface area contributed by atoms with Gasteiger partial charge >= 0.3 is 0 Å². The Kier molecular flexibility index (Phi) is 5.16. The Bertz CT molecular complexity index is 1450. The van der Waals surface area contributed by atoms with E-state index in [1.807, 2.05) is 29.1 Å². The van der Waals surface area contributed by atoms with Crippen LogP contribution >= 0.6 is 0 Å². The molecule has 8 heteroatoms. The number of benzene rings is 1. The van der Waals surface area contributed by atoms with Crippen molar-refractivity contribution in [2.75, 3.05) is 36.5 Å². The number of morpholine rings is 1. The first kappa shape index (κ1) is 20.7. The van der Waals surface area contributed by atoms with E-state index in [1.54, 1.807) is 13.1 Å². The molecule has 0 saturated carbocycles. The molecule has 0 spiro atoms. The SMILES string of the molecule is CC(O)c1c[nH]c2cc(-c3cc(Nc4ccc(N5CCOCC5)cn4)c4nccn4c3)ccc12. The fourth-order valence-corrected chi connectivity index (χ4v) is 4.56. The van der Waals surface area contributed by atoms with Gasteiger partial charge in [-0.1, -0.05) is 12.1 Å². The average molecular weight is 455 g/mol. The lowest BCUT2D eigenvalue weighted by atomic mass is 10.0. The van der Waals surface area contributed by atoms with Gasteiger partial charge in [0.2, 0.25) is 0 Å². The van der Waals surface area contributed by atoms with Gasteiger partial charge in [-0.15, -0.1) is 0 Å². The summed E-state index contributed by atoms with van der Waals surface area (Å²) in [5, 5.41) is 14.5. The van der Waals surface area contributed by atoms with Gasteiger partial charge in [-0.05, 0) is 36.8 Å². The molecule has 1 fully saturated rings. The molecule has 1 unspecified atom stereocenters. The molecule has 1 saturated heterocycles. The molecular weight excluding hydrogens is 428 g/mol. The second-order valence-corrected chi connectivity index (χ2v) is 8.61. The molecule has 1 atom stereocenters. The van der Waals surface area contributed by atoms with Crippen molar-refractivity contribution in [3.05, 3.63) is 72.9 Å². The highest BCUT2D eigenvalue weighted by Gasteiger charge is 2.14. The number of aromatic amines is 1. The number of aliphatic hydroxyl groups is 1. The number of nitrogens with one attached hydrogen (secondary N) is 2. The molecule has 5 heterocycles. The summed E-state index contributed by atoms with van der Waals surface area (Å²) in [5.41, 5.74) is 6.83. The quantitative estimate of drug-likeness (QED) is 0.362. The van der Waals surface area contributed by atoms with E-state index < -0.39 is 6.10 Å². The van der Waals surface area contributed by atoms with Crippen molar-refractivity contribution in [3.63, 3.8) is 0 Å². The van der Waals surface area contributed by atoms with Crippen molar-refractivity contribution in [2.24, 2.45) is 0 Å². The third-order valence-electron chi connectivity index (χ3n) is 6.37. The zero-order valence-corrected chi connectivity index (χ0v) is 18.9. The molecule has 0 aliphatic carbocycles. The second-order valence-electron chi connectivity index (χ2n) is 8.61. The molecule has 0 bridgehead atoms. The smallest absolute Gasteiger partial charge is 0.160 e. The molecule has 1 aliphatic heterocycles. The van der Waals surface area contributed by atoms with Gasteiger partial charge in [0.25, 0.3) is 0 Å². The van der Waals surface area contributed by atoms with Gasteiger partial charge in [-0.3, -0.25) is 0 Å². The van der Waals surface area contributed by atoms with Crippen LogP contribution in [0.3, 0.4) is 0 Å². The number of H-pyrrole nitrogens is 1. The summed E-state index contributed by atoms with van der Waals surface area (Å²) in [6.45, 7) is 5.05. The lowest BCUT2D eigenvalue weighted by Crippen LogP contribution is -2.36. The number of aliphatic hydroxyl groups excluding tert-OH is 1. The van der Waals surface area contributed by atoms with Gasteiger partial charge < -0.3 is 29.4 Å². The van der Waals surface area contributed by atoms with E-state index in [4.69, 9.17) is 4.74 Å². The average Bonchev–Trinajstić information content (AvgIpc) is 3.52. The van der Waals surface area contributed by atoms with Gasteiger partial charge in [0.1, 0.15) is 5.82 Å². The summed E-state index contributed by atoms with van der Waals surface area (Å²) in [6.07, 6.45) is 9.07. The Labute approximate surface area is 196 Å². The Morgan fingerprint density at radius 3 is 2.76 bits per heavy atom. The van der Waals surface area contributed by atoms with Crippen LogP contribution < -0.4 is 10.2 Å². The summed E-state index contributed by atoms with van der Waals surface area (Å²) in [4.78, 5) is 14.7. The number of hydrogen-bond donors (Lipinski definition) is 3. The third-order valence-corrected chi connectivity index (χ3v) is 6.37. The molecule has 0 radical (unpaired) electrons. The number of aromatic nitrogens is 4. The summed E-state index contributed by atoms with van der Waals surface area (Å²) in [6, 6.07) is 12.4. The molecule has 1 aromatic carbocycles. The zero-order valence-electron chi connectivity index (χ0n) is 18.9. The van der Waals surface area contributed by atoms with Crippen molar-refractivity contribution in [3.8, 4) is 11.1 Å². The van der Waals surface area contributed by atoms with E-state index in [9.17, 15) is 5.11 Å². The molecule has 172 valence electrons. The maximum Gasteiger partial charge on any atom is 0.160 e. The molecule has 34 heavy (non-hydrogen) atoms. The van der Waals surface area contributed by atoms with Crippen LogP contribution in [0.15, 0.2) is 67.4 Å². The summed E-state index contributed by atoms with van der Waals surface area (Å²) >= 11 is 0. The van der Waals surface area contributed by atoms with Crippen LogP contribution in [-0.2, 0) is 4.74 Å². The number of ether oxygens (including phenoxy) is 1. The van der Waals surface area contributed by atoms with E-state index in [0.29, 0.717) is 0 Å². The first-order valence-electron chi connectivity index (χ1n) is 11.5. The van der Waals surface area contributed by atoms with Crippen molar-refractivity contribution in [1.29, 1.82) is 0 Å². The standard InChI is InChI=1S/C26H26N6O2/c1-17(33)22-15-28-23-12-18(2-4-21(22)23)19-13-24(26-27-6-7-32(26)16-19)30-25-5-3-20(14-29-25)31-8-10-34-11-9-31/h2-7,12-17,28,33H,8-11H2,1H3,(H,29,30). The monoisotopic (exact) mass is 454 g/mol. The predicted molar refractivity (Wildman–Crippen MR) is 134 cm³/mol. The van der Waals surface area contributed by atoms with Crippen molar-refractivity contribution < 1.29 is 9.84 Å². The summed E-state index contributed by atoms with van der Waals surface area (Å²) in [7, 11) is 0. The fraction of sp³-hybridized carbons (Fsp3) is 0.231. The fourth-order valence-electron chi connectivity index (χ4n) is 4.56. The second kappa shape index (κ2) is 8.48. The highest BCUT2D eigenvalue weighted by atomic mass is 16.5. The topological polar surface area (TPSA) is 90.7 Å². The van der Waals surface area contributed by atoms with Gasteiger partial charge in [0, 0.05) is 59.9 Å². The van der Waals surface area contributed by atoms with Crippen molar-refractivity contribution in [1.82, 2.24) is 19.4 Å². The van der Waals surface area contributed by atoms with Crippen molar-refractivity contribution >= 4 is 33.7 Å². The van der Waals surface area contributed by atoms with E-state index >= 15 is 0 Å². The minimum atomic E-state index is -0.514. The first-order valence-corrected chi connectivity index (χ1v) is 11.5. The number of hydrogen-bond acceptors (Lipinski definition) is 6. The van der Waals surface area contributed by atoms with Gasteiger partial charge in [0.05, 0.1) is 36.9 Å². The van der Waals surface area contributed by atoms with Crippen LogP contribution in [0.1, 0.15) is 18.6 Å². The molecule has 6 rings (SSSR count). The highest BCUT2D eigenvalue weighted by Crippen LogP contribution is 2.32. The van der Waals surface area contributed by atoms with Crippen LogP contribution in [0.25, 0.3) is 27.7 Å². The Balaban J connectivity index is 1.33. The van der Waals surface area contributed by atoms with E-state index in [1.165, 1.54) is 0 Å². The Morgan fingerprint density at radius 1 is 1.09 bits per heavy atom. The van der Waals surface area contributed by atoms with Crippen LogP contribution in [0.4, 0.5) is 17.2 Å². The first-order chi connectivity index (χ1) is 16.7. The Hall–Kier alpha value is -3.88. The van der Waals surface area contributed by atoms with E-state index in [-0.39, 0.29) is 0 Å². The maximum absolute atomic E-state index is 10.0. The molecule has 0 amide bonds. The minimum Gasteiger partial charge on any atom is -0.389 e. The number of rotatable bonds is 5. The summed E-state index contributed by atoms with van der Waals surface area (Å²) in [5.74, 6) is 0.764. The molecule has 5 aromatic rings. The zero-order chi connectivity index (χ0) is 23.1. The molecule has 4 aromatic heterocycles. The van der Waals surface area contributed by atoms with Crippen LogP contribution in [0, 0.1) is 0 Å². The third kappa shape index (κ3) is 3.76. The molecule has 3 N–H and O–H groups in total. The number of pyridine rings is 2. The number of imidazole rings is 1. The molecule has 8 nitrogen and oxygen atoms in total. The van der Waals surface area contributed by atoms with Crippen LogP contribution in [0.5, 0.6) is 0 Å².